The summed E-state index contributed by atoms with van der Waals surface area (Å²) in [5.41, 5.74) is 0. The first kappa shape index (κ1) is 16.0. The van der Waals surface area contributed by atoms with Crippen LogP contribution in [0.5, 0.6) is 0 Å². The number of aliphatic carboxylic acids is 1. The molecule has 2 saturated heterocycles. The second-order valence-corrected chi connectivity index (χ2v) is 6.58. The van der Waals surface area contributed by atoms with Crippen LogP contribution < -0.4 is 10.2 Å². The fraction of sp³-hybridized carbons (Fsp3) is 0.688. The maximum absolute atomic E-state index is 11.3. The fourth-order valence-corrected chi connectivity index (χ4v) is 3.34. The number of nitrogens with zero attached hydrogens (tertiary/aromatic N) is 3. The highest BCUT2D eigenvalue weighted by atomic mass is 16.5. The van der Waals surface area contributed by atoms with Crippen LogP contribution in [-0.2, 0) is 9.53 Å². The lowest BCUT2D eigenvalue weighted by Gasteiger charge is -2.34. The molecular weight excluding hydrogens is 296 g/mol. The number of anilines is 2. The molecule has 2 aliphatic rings. The molecule has 1 aromatic rings. The largest absolute Gasteiger partial charge is 0.481 e. The van der Waals surface area contributed by atoms with Gasteiger partial charge in [0.15, 0.2) is 0 Å². The molecule has 2 N–H and O–H groups in total. The maximum Gasteiger partial charge on any atom is 0.308 e. The number of hydrogen-bond donors (Lipinski definition) is 2. The van der Waals surface area contributed by atoms with Gasteiger partial charge in [-0.05, 0) is 31.2 Å². The van der Waals surface area contributed by atoms with Crippen LogP contribution in [0.15, 0.2) is 12.3 Å². The van der Waals surface area contributed by atoms with E-state index in [2.05, 4.69) is 22.2 Å². The first-order valence-corrected chi connectivity index (χ1v) is 8.27. The van der Waals surface area contributed by atoms with Crippen LogP contribution in [0, 0.1) is 11.8 Å². The van der Waals surface area contributed by atoms with E-state index < -0.39 is 5.97 Å². The highest BCUT2D eigenvalue weighted by Gasteiger charge is 2.30. The summed E-state index contributed by atoms with van der Waals surface area (Å²) >= 11 is 0. The van der Waals surface area contributed by atoms with E-state index in [0.717, 1.165) is 31.8 Å². The Hall–Kier alpha value is -1.89. The van der Waals surface area contributed by atoms with Gasteiger partial charge in [0.1, 0.15) is 5.82 Å². The van der Waals surface area contributed by atoms with Crippen molar-refractivity contribution in [2.45, 2.75) is 32.2 Å². The molecule has 3 heterocycles. The number of rotatable bonds is 4. The van der Waals surface area contributed by atoms with Crippen molar-refractivity contribution in [2.75, 3.05) is 36.5 Å². The topological polar surface area (TPSA) is 87.6 Å². The third-order valence-electron chi connectivity index (χ3n) is 4.45. The van der Waals surface area contributed by atoms with Gasteiger partial charge in [-0.2, -0.15) is 4.98 Å². The van der Waals surface area contributed by atoms with E-state index in [9.17, 15) is 9.90 Å². The molecule has 0 aromatic carbocycles. The minimum Gasteiger partial charge on any atom is -0.481 e. The first-order valence-electron chi connectivity index (χ1n) is 8.27. The van der Waals surface area contributed by atoms with Crippen LogP contribution in [0.3, 0.4) is 0 Å². The molecule has 7 nitrogen and oxygen atoms in total. The van der Waals surface area contributed by atoms with Crippen molar-refractivity contribution in [3.8, 4) is 0 Å². The number of piperidine rings is 1. The van der Waals surface area contributed by atoms with Crippen LogP contribution in [0.1, 0.15) is 26.2 Å². The van der Waals surface area contributed by atoms with E-state index in [0.29, 0.717) is 31.4 Å². The number of ether oxygens (including phenoxy) is 1. The molecule has 1 aromatic heterocycles. The number of aromatic nitrogens is 2. The van der Waals surface area contributed by atoms with Gasteiger partial charge in [0.05, 0.1) is 18.6 Å². The molecule has 0 aliphatic carbocycles. The van der Waals surface area contributed by atoms with Gasteiger partial charge in [-0.15, -0.1) is 0 Å². The summed E-state index contributed by atoms with van der Waals surface area (Å²) in [5.74, 6) is 0.595. The molecule has 2 aliphatic heterocycles. The van der Waals surface area contributed by atoms with Crippen LogP contribution in [0.25, 0.3) is 0 Å². The van der Waals surface area contributed by atoms with Gasteiger partial charge in [-0.1, -0.05) is 6.92 Å². The lowest BCUT2D eigenvalue weighted by atomic mass is 9.91. The second-order valence-electron chi connectivity index (χ2n) is 6.58. The Bertz CT molecular complexity index is 548. The van der Waals surface area contributed by atoms with Gasteiger partial charge in [-0.25, -0.2) is 4.98 Å². The van der Waals surface area contributed by atoms with Gasteiger partial charge >= 0.3 is 5.97 Å². The SMILES string of the molecule is CC1CC(C(=O)O)CN(c2nccc(NC3CCCOC3)n2)C1. The Kier molecular flexibility index (Phi) is 4.95. The quantitative estimate of drug-likeness (QED) is 0.871. The number of nitrogens with one attached hydrogen (secondary N) is 1. The van der Waals surface area contributed by atoms with Crippen LogP contribution in [-0.4, -0.2) is 53.4 Å². The predicted octanol–water partition coefficient (Wildman–Crippen LogP) is 1.61. The van der Waals surface area contributed by atoms with E-state index >= 15 is 0 Å². The molecule has 3 atom stereocenters. The van der Waals surface area contributed by atoms with Gasteiger partial charge in [0.2, 0.25) is 5.95 Å². The monoisotopic (exact) mass is 320 g/mol. The van der Waals surface area contributed by atoms with Crippen molar-refractivity contribution in [2.24, 2.45) is 11.8 Å². The van der Waals surface area contributed by atoms with E-state index in [4.69, 9.17) is 4.74 Å². The predicted molar refractivity (Wildman–Crippen MR) is 86.6 cm³/mol. The average molecular weight is 320 g/mol. The molecule has 0 spiro atoms. The molecule has 0 radical (unpaired) electrons. The summed E-state index contributed by atoms with van der Waals surface area (Å²) in [6.07, 6.45) is 4.56. The summed E-state index contributed by atoms with van der Waals surface area (Å²) in [6, 6.07) is 2.12. The van der Waals surface area contributed by atoms with Gasteiger partial charge in [0, 0.05) is 25.9 Å². The number of carbonyl (C=O) groups is 1. The molecule has 7 heteroatoms. The van der Waals surface area contributed by atoms with Crippen molar-refractivity contribution in [1.29, 1.82) is 0 Å². The first-order chi connectivity index (χ1) is 11.1. The Morgan fingerprint density at radius 3 is 3.09 bits per heavy atom. The van der Waals surface area contributed by atoms with Gasteiger partial charge in [-0.3, -0.25) is 4.79 Å². The summed E-state index contributed by atoms with van der Waals surface area (Å²) in [5, 5.41) is 12.7. The highest BCUT2D eigenvalue weighted by molar-refractivity contribution is 5.71. The van der Waals surface area contributed by atoms with Crippen molar-refractivity contribution in [1.82, 2.24) is 9.97 Å². The maximum atomic E-state index is 11.3. The molecule has 23 heavy (non-hydrogen) atoms. The average Bonchev–Trinajstić information content (AvgIpc) is 2.55. The normalized spacial score (nSPS) is 28.4. The number of carboxylic acids is 1. The zero-order chi connectivity index (χ0) is 16.2. The van der Waals surface area contributed by atoms with E-state index in [1.165, 1.54) is 0 Å². The van der Waals surface area contributed by atoms with Crippen molar-refractivity contribution < 1.29 is 14.6 Å². The summed E-state index contributed by atoms with van der Waals surface area (Å²) in [7, 11) is 0. The minimum atomic E-state index is -0.741. The standard InChI is InChI=1S/C16H24N4O3/c1-11-7-12(15(21)22)9-20(8-11)16-17-5-4-14(19-16)18-13-3-2-6-23-10-13/h4-5,11-13H,2-3,6-10H2,1H3,(H,21,22)(H,17,18,19). The van der Waals surface area contributed by atoms with E-state index in [-0.39, 0.29) is 12.0 Å². The third-order valence-corrected chi connectivity index (χ3v) is 4.45. The summed E-state index contributed by atoms with van der Waals surface area (Å²) in [4.78, 5) is 22.2. The summed E-state index contributed by atoms with van der Waals surface area (Å²) < 4.78 is 5.47. The second kappa shape index (κ2) is 7.12. The van der Waals surface area contributed by atoms with Crippen molar-refractivity contribution in [3.63, 3.8) is 0 Å². The van der Waals surface area contributed by atoms with Crippen molar-refractivity contribution >= 4 is 17.7 Å². The molecule has 3 unspecified atom stereocenters. The molecular formula is C16H24N4O3. The Morgan fingerprint density at radius 2 is 2.35 bits per heavy atom. The Balaban J connectivity index is 1.69. The highest BCUT2D eigenvalue weighted by Crippen LogP contribution is 2.25. The van der Waals surface area contributed by atoms with Crippen molar-refractivity contribution in [3.05, 3.63) is 12.3 Å². The smallest absolute Gasteiger partial charge is 0.308 e. The fourth-order valence-electron chi connectivity index (χ4n) is 3.34. The number of hydrogen-bond acceptors (Lipinski definition) is 6. The Labute approximate surface area is 136 Å². The van der Waals surface area contributed by atoms with Crippen LogP contribution in [0.2, 0.25) is 0 Å². The van der Waals surface area contributed by atoms with Gasteiger partial charge in [0.25, 0.3) is 0 Å². The van der Waals surface area contributed by atoms with Crippen LogP contribution in [0.4, 0.5) is 11.8 Å². The van der Waals surface area contributed by atoms with Gasteiger partial charge < -0.3 is 20.1 Å². The zero-order valence-corrected chi connectivity index (χ0v) is 13.4. The summed E-state index contributed by atoms with van der Waals surface area (Å²) in [6.45, 7) is 4.86. The zero-order valence-electron chi connectivity index (χ0n) is 13.4. The van der Waals surface area contributed by atoms with E-state index in [1.807, 2.05) is 11.0 Å². The lowest BCUT2D eigenvalue weighted by molar-refractivity contribution is -0.142. The molecule has 3 rings (SSSR count). The lowest BCUT2D eigenvalue weighted by Crippen LogP contribution is -2.43. The molecule has 0 bridgehead atoms. The minimum absolute atomic E-state index is 0.276. The molecule has 0 amide bonds. The molecule has 126 valence electrons. The Morgan fingerprint density at radius 1 is 1.48 bits per heavy atom. The molecule has 0 saturated carbocycles. The third kappa shape index (κ3) is 4.10. The van der Waals surface area contributed by atoms with Crippen LogP contribution >= 0.6 is 0 Å². The number of carboxylic acid groups (broad SMARTS) is 1. The molecule has 2 fully saturated rings. The van der Waals surface area contributed by atoms with E-state index in [1.54, 1.807) is 6.20 Å².